The summed E-state index contributed by atoms with van der Waals surface area (Å²) < 4.78 is 0.979. The summed E-state index contributed by atoms with van der Waals surface area (Å²) in [5, 5.41) is 7.98. The topological polar surface area (TPSA) is 69.6 Å². The zero-order valence-electron chi connectivity index (χ0n) is 7.97. The molecule has 0 aliphatic carbocycles. The Morgan fingerprint density at radius 2 is 2.20 bits per heavy atom. The van der Waals surface area contributed by atoms with Crippen molar-refractivity contribution in [3.8, 4) is 0 Å². The number of rotatable bonds is 3. The van der Waals surface area contributed by atoms with Crippen LogP contribution in [0.5, 0.6) is 0 Å². The standard InChI is InChI=1S/C9H10BrN5/c10-7-1-2-8(12-5-7)3-4-15-13-6-9(11)14-15/h1-2,5-6H,3-4H2,(H2,11,14). The average Bonchev–Trinajstić information content (AvgIpc) is 2.64. The van der Waals surface area contributed by atoms with Crippen molar-refractivity contribution in [2.24, 2.45) is 0 Å². The molecule has 15 heavy (non-hydrogen) atoms. The van der Waals surface area contributed by atoms with E-state index in [1.807, 2.05) is 12.1 Å². The molecule has 0 spiro atoms. The third-order valence-electron chi connectivity index (χ3n) is 1.91. The van der Waals surface area contributed by atoms with Gasteiger partial charge in [-0.1, -0.05) is 0 Å². The van der Waals surface area contributed by atoms with Crippen LogP contribution in [0.15, 0.2) is 29.0 Å². The van der Waals surface area contributed by atoms with Crippen molar-refractivity contribution < 1.29 is 0 Å². The maximum Gasteiger partial charge on any atom is 0.165 e. The molecule has 2 N–H and O–H groups in total. The Hall–Kier alpha value is -1.43. The van der Waals surface area contributed by atoms with E-state index < -0.39 is 0 Å². The molecule has 0 radical (unpaired) electrons. The van der Waals surface area contributed by atoms with Gasteiger partial charge in [0.05, 0.1) is 12.7 Å². The number of nitrogen functional groups attached to an aromatic ring is 1. The maximum atomic E-state index is 5.45. The van der Waals surface area contributed by atoms with Gasteiger partial charge in [0.25, 0.3) is 0 Å². The molecule has 0 atom stereocenters. The summed E-state index contributed by atoms with van der Waals surface area (Å²) in [6.45, 7) is 0.686. The minimum absolute atomic E-state index is 0.443. The van der Waals surface area contributed by atoms with Gasteiger partial charge >= 0.3 is 0 Å². The van der Waals surface area contributed by atoms with E-state index in [0.29, 0.717) is 12.4 Å². The van der Waals surface area contributed by atoms with Crippen LogP contribution in [-0.4, -0.2) is 20.0 Å². The number of halogens is 1. The molecule has 0 bridgehead atoms. The fraction of sp³-hybridized carbons (Fsp3) is 0.222. The molecular formula is C9H10BrN5. The Labute approximate surface area is 95.4 Å². The summed E-state index contributed by atoms with van der Waals surface area (Å²) >= 11 is 3.34. The Kier molecular flexibility index (Phi) is 2.96. The highest BCUT2D eigenvalue weighted by atomic mass is 79.9. The molecule has 0 saturated heterocycles. The van der Waals surface area contributed by atoms with Crippen LogP contribution in [0.3, 0.4) is 0 Å². The van der Waals surface area contributed by atoms with Crippen LogP contribution >= 0.6 is 15.9 Å². The van der Waals surface area contributed by atoms with Crippen molar-refractivity contribution in [2.75, 3.05) is 5.73 Å². The van der Waals surface area contributed by atoms with E-state index in [1.165, 1.54) is 6.20 Å². The van der Waals surface area contributed by atoms with Crippen LogP contribution in [0.25, 0.3) is 0 Å². The Morgan fingerprint density at radius 1 is 1.33 bits per heavy atom. The highest BCUT2D eigenvalue weighted by Crippen LogP contribution is 2.08. The van der Waals surface area contributed by atoms with Crippen LogP contribution in [0, 0.1) is 0 Å². The van der Waals surface area contributed by atoms with Gasteiger partial charge in [0, 0.05) is 22.8 Å². The number of hydrogen-bond donors (Lipinski definition) is 1. The average molecular weight is 268 g/mol. The van der Waals surface area contributed by atoms with Gasteiger partial charge in [-0.25, -0.2) is 0 Å². The zero-order valence-corrected chi connectivity index (χ0v) is 9.55. The molecule has 0 aromatic carbocycles. The van der Waals surface area contributed by atoms with Gasteiger partial charge in [-0.15, -0.1) is 5.10 Å². The number of nitrogens with two attached hydrogens (primary N) is 1. The lowest BCUT2D eigenvalue weighted by atomic mass is 10.3. The van der Waals surface area contributed by atoms with Crippen LogP contribution < -0.4 is 5.73 Å². The second-order valence-corrected chi connectivity index (χ2v) is 4.00. The fourth-order valence-corrected chi connectivity index (χ4v) is 1.42. The summed E-state index contributed by atoms with van der Waals surface area (Å²) in [5.41, 5.74) is 6.46. The molecule has 2 aromatic heterocycles. The lowest BCUT2D eigenvalue weighted by Gasteiger charge is -1.99. The molecule has 0 amide bonds. The molecule has 0 fully saturated rings. The van der Waals surface area contributed by atoms with E-state index in [2.05, 4.69) is 31.1 Å². The molecule has 2 heterocycles. The zero-order chi connectivity index (χ0) is 10.7. The van der Waals surface area contributed by atoms with Gasteiger partial charge in [0.15, 0.2) is 5.82 Å². The van der Waals surface area contributed by atoms with Crippen molar-refractivity contribution in [2.45, 2.75) is 13.0 Å². The fourth-order valence-electron chi connectivity index (χ4n) is 1.19. The summed E-state index contributed by atoms with van der Waals surface area (Å²) in [6.07, 6.45) is 4.11. The van der Waals surface area contributed by atoms with Crippen LogP contribution in [0.1, 0.15) is 5.69 Å². The van der Waals surface area contributed by atoms with E-state index in [0.717, 1.165) is 16.6 Å². The summed E-state index contributed by atoms with van der Waals surface area (Å²) in [6, 6.07) is 3.93. The van der Waals surface area contributed by atoms with Crippen LogP contribution in [-0.2, 0) is 13.0 Å². The summed E-state index contributed by atoms with van der Waals surface area (Å²) in [4.78, 5) is 5.82. The van der Waals surface area contributed by atoms with Crippen molar-refractivity contribution in [1.82, 2.24) is 20.0 Å². The van der Waals surface area contributed by atoms with Crippen molar-refractivity contribution in [3.05, 3.63) is 34.7 Å². The van der Waals surface area contributed by atoms with Crippen molar-refractivity contribution in [3.63, 3.8) is 0 Å². The third-order valence-corrected chi connectivity index (χ3v) is 2.38. The molecule has 0 saturated carbocycles. The van der Waals surface area contributed by atoms with Crippen LogP contribution in [0.2, 0.25) is 0 Å². The normalized spacial score (nSPS) is 10.5. The first-order valence-corrected chi connectivity index (χ1v) is 5.29. The largest absolute Gasteiger partial charge is 0.381 e. The molecule has 0 aliphatic rings. The second kappa shape index (κ2) is 4.39. The smallest absolute Gasteiger partial charge is 0.165 e. The first kappa shape index (κ1) is 10.1. The van der Waals surface area contributed by atoms with E-state index in [4.69, 9.17) is 5.73 Å². The molecule has 2 aromatic rings. The van der Waals surface area contributed by atoms with Gasteiger partial charge in [-0.05, 0) is 28.1 Å². The Balaban J connectivity index is 1.96. The molecule has 2 rings (SSSR count). The Morgan fingerprint density at radius 3 is 2.80 bits per heavy atom. The summed E-state index contributed by atoms with van der Waals surface area (Å²) in [5.74, 6) is 0.443. The number of nitrogens with zero attached hydrogens (tertiary/aromatic N) is 4. The van der Waals surface area contributed by atoms with Crippen molar-refractivity contribution in [1.29, 1.82) is 0 Å². The van der Waals surface area contributed by atoms with E-state index in [1.54, 1.807) is 11.0 Å². The first-order valence-electron chi connectivity index (χ1n) is 4.50. The summed E-state index contributed by atoms with van der Waals surface area (Å²) in [7, 11) is 0. The van der Waals surface area contributed by atoms with Crippen LogP contribution in [0.4, 0.5) is 5.82 Å². The maximum absolute atomic E-state index is 5.45. The number of aryl methyl sites for hydroxylation is 2. The monoisotopic (exact) mass is 267 g/mol. The molecule has 6 heteroatoms. The highest BCUT2D eigenvalue weighted by Gasteiger charge is 1.98. The number of aromatic nitrogens is 4. The number of hydrogen-bond acceptors (Lipinski definition) is 4. The minimum Gasteiger partial charge on any atom is -0.381 e. The Bertz CT molecular complexity index is 436. The molecule has 5 nitrogen and oxygen atoms in total. The van der Waals surface area contributed by atoms with Gasteiger partial charge in [0.1, 0.15) is 0 Å². The SMILES string of the molecule is Nc1cnn(CCc2ccc(Br)cn2)n1. The van der Waals surface area contributed by atoms with E-state index in [9.17, 15) is 0 Å². The highest BCUT2D eigenvalue weighted by molar-refractivity contribution is 9.10. The van der Waals surface area contributed by atoms with Gasteiger partial charge < -0.3 is 5.73 Å². The molecule has 78 valence electrons. The lowest BCUT2D eigenvalue weighted by molar-refractivity contribution is 0.534. The predicted octanol–water partition coefficient (Wildman–Crippen LogP) is 1.26. The third kappa shape index (κ3) is 2.76. The molecular weight excluding hydrogens is 258 g/mol. The number of anilines is 1. The second-order valence-electron chi connectivity index (χ2n) is 3.08. The lowest BCUT2D eigenvalue weighted by Crippen LogP contribution is -2.06. The van der Waals surface area contributed by atoms with Gasteiger partial charge in [-0.2, -0.15) is 9.90 Å². The van der Waals surface area contributed by atoms with Crippen molar-refractivity contribution >= 4 is 21.7 Å². The molecule has 0 unspecified atom stereocenters. The van der Waals surface area contributed by atoms with Gasteiger partial charge in [0.2, 0.25) is 0 Å². The van der Waals surface area contributed by atoms with E-state index in [-0.39, 0.29) is 0 Å². The predicted molar refractivity (Wildman–Crippen MR) is 60.1 cm³/mol. The van der Waals surface area contributed by atoms with E-state index >= 15 is 0 Å². The minimum atomic E-state index is 0.443. The molecule has 0 aliphatic heterocycles. The number of pyridine rings is 1. The quantitative estimate of drug-likeness (QED) is 0.909. The van der Waals surface area contributed by atoms with Gasteiger partial charge in [-0.3, -0.25) is 4.98 Å². The first-order chi connectivity index (χ1) is 7.24.